The van der Waals surface area contributed by atoms with Gasteiger partial charge in [0.25, 0.3) is 5.91 Å². The monoisotopic (exact) mass is 689 g/mol. The van der Waals surface area contributed by atoms with Crippen LogP contribution >= 0.6 is 0 Å². The molecule has 0 spiro atoms. The van der Waals surface area contributed by atoms with Gasteiger partial charge < -0.3 is 18.9 Å². The van der Waals surface area contributed by atoms with Crippen molar-refractivity contribution in [1.82, 2.24) is 14.7 Å². The second kappa shape index (κ2) is 13.0. The average Bonchev–Trinajstić information content (AvgIpc) is 3.37. The summed E-state index contributed by atoms with van der Waals surface area (Å²) in [5.74, 6) is -3.81. The van der Waals surface area contributed by atoms with Crippen LogP contribution in [0.15, 0.2) is 48.5 Å². The Balaban J connectivity index is 1.08. The number of fused-ring (bicyclic) bond motifs is 2. The van der Waals surface area contributed by atoms with Gasteiger partial charge in [0.05, 0.1) is 13.0 Å². The maximum absolute atomic E-state index is 14.1. The van der Waals surface area contributed by atoms with Gasteiger partial charge in [-0.1, -0.05) is 56.4 Å². The number of carbonyl (C=O) groups is 5. The molecule has 3 saturated heterocycles. The number of imide groups is 1. The quantitative estimate of drug-likeness (QED) is 0.120. The minimum absolute atomic E-state index is 0.0149. The van der Waals surface area contributed by atoms with Crippen LogP contribution in [0.1, 0.15) is 59.5 Å². The molecule has 3 amide bonds. The molecule has 2 aromatic rings. The molecule has 0 bridgehead atoms. The molecule has 13 heteroatoms. The highest BCUT2D eigenvalue weighted by molar-refractivity contribution is 6.76. The van der Waals surface area contributed by atoms with Crippen LogP contribution in [-0.2, 0) is 39.9 Å². The van der Waals surface area contributed by atoms with Crippen molar-refractivity contribution in [2.75, 3.05) is 26.4 Å². The third-order valence-corrected chi connectivity index (χ3v) is 12.1. The molecule has 1 saturated carbocycles. The number of likely N-dealkylation sites (tertiary alicyclic amines) is 2. The van der Waals surface area contributed by atoms with Gasteiger partial charge in [-0.3, -0.25) is 29.1 Å². The smallest absolute Gasteiger partial charge is 0.420 e. The third kappa shape index (κ3) is 6.28. The lowest BCUT2D eigenvalue weighted by molar-refractivity contribution is -0.249. The van der Waals surface area contributed by atoms with Gasteiger partial charge in [-0.05, 0) is 54.6 Å². The summed E-state index contributed by atoms with van der Waals surface area (Å²) in [5, 5.41) is 0. The number of nitrogens with zero attached hydrogens (tertiary/aromatic N) is 3. The second-order valence-corrected chi connectivity index (χ2v) is 20.6. The Hall–Kier alpha value is -4.07. The molecule has 4 atom stereocenters. The van der Waals surface area contributed by atoms with E-state index in [-0.39, 0.29) is 25.4 Å². The number of hydrogen-bond acceptors (Lipinski definition) is 10. The van der Waals surface area contributed by atoms with Gasteiger partial charge in [0.1, 0.15) is 18.6 Å². The second-order valence-electron chi connectivity index (χ2n) is 14.9. The van der Waals surface area contributed by atoms with Crippen molar-refractivity contribution >= 4 is 37.7 Å². The van der Waals surface area contributed by atoms with Crippen molar-refractivity contribution in [3.05, 3.63) is 65.2 Å². The van der Waals surface area contributed by atoms with Crippen molar-refractivity contribution in [3.8, 4) is 5.75 Å². The molecule has 4 aliphatic heterocycles. The highest BCUT2D eigenvalue weighted by Crippen LogP contribution is 2.42. The first-order valence-corrected chi connectivity index (χ1v) is 20.9. The molecule has 2 unspecified atom stereocenters. The van der Waals surface area contributed by atoms with Gasteiger partial charge in [-0.25, -0.2) is 9.59 Å². The van der Waals surface area contributed by atoms with Crippen molar-refractivity contribution in [3.63, 3.8) is 0 Å². The minimum atomic E-state index is -2.35. The van der Waals surface area contributed by atoms with E-state index >= 15 is 0 Å². The first-order chi connectivity index (χ1) is 23.4. The van der Waals surface area contributed by atoms with E-state index in [0.29, 0.717) is 29.4 Å². The lowest BCUT2D eigenvalue weighted by Crippen LogP contribution is -2.75. The summed E-state index contributed by atoms with van der Waals surface area (Å²) < 4.78 is 23.2. The van der Waals surface area contributed by atoms with E-state index in [1.807, 2.05) is 6.07 Å². The fourth-order valence-electron chi connectivity index (χ4n) is 7.62. The average molecular weight is 690 g/mol. The van der Waals surface area contributed by atoms with Gasteiger partial charge in [-0.15, -0.1) is 0 Å². The Morgan fingerprint density at radius 3 is 2.45 bits per heavy atom. The largest absolute Gasteiger partial charge is 0.489 e. The predicted octanol–water partition coefficient (Wildman–Crippen LogP) is 3.67. The highest BCUT2D eigenvalue weighted by atomic mass is 28.3. The van der Waals surface area contributed by atoms with Crippen molar-refractivity contribution < 1.29 is 42.9 Å². The Labute approximate surface area is 286 Å². The van der Waals surface area contributed by atoms with Gasteiger partial charge in [0.15, 0.2) is 6.10 Å². The lowest BCUT2D eigenvalue weighted by Gasteiger charge is -2.49. The summed E-state index contributed by atoms with van der Waals surface area (Å²) >= 11 is 0. The Kier molecular flexibility index (Phi) is 8.86. The SMILES string of the molecule is C[Si](C)(C)CCOCN1C(=O)CC2OC(=O)C(=O)OC2(N2Cc3cc(O[C@H]4CCCC[C@@H]4N4CC(c5ccccc5)C4)ccc3C2=O)C1=O. The molecule has 260 valence electrons. The van der Waals surface area contributed by atoms with E-state index in [4.69, 9.17) is 18.9 Å². The van der Waals surface area contributed by atoms with Crippen LogP contribution < -0.4 is 4.74 Å². The van der Waals surface area contributed by atoms with E-state index in [0.717, 1.165) is 54.6 Å². The summed E-state index contributed by atoms with van der Waals surface area (Å²) in [6.45, 7) is 8.36. The zero-order valence-electron chi connectivity index (χ0n) is 28.2. The number of amides is 3. The van der Waals surface area contributed by atoms with E-state index < -0.39 is 56.0 Å². The van der Waals surface area contributed by atoms with Crippen LogP contribution in [0, 0.1) is 0 Å². The standard InChI is InChI=1S/C36H43N3O9Si/c1-49(2,3)16-15-45-22-38-31(40)18-30-36(35(38)44,48-34(43)33(42)47-30)39-21-24-17-26(13-14-27(24)32(39)41)46-29-12-8-7-11-28(29)37-19-25(20-37)23-9-5-4-6-10-23/h4-6,9-10,13-14,17,25,28-30H,7-8,11-12,15-16,18-22H2,1-3H3/t28-,29-,30?,36?/m0/s1. The normalized spacial score (nSPS) is 27.7. The molecular formula is C36H43N3O9Si. The van der Waals surface area contributed by atoms with Crippen molar-refractivity contribution in [2.24, 2.45) is 0 Å². The summed E-state index contributed by atoms with van der Waals surface area (Å²) in [7, 11) is -1.45. The number of piperidine rings is 1. The highest BCUT2D eigenvalue weighted by Gasteiger charge is 2.68. The van der Waals surface area contributed by atoms with Crippen LogP contribution in [0.5, 0.6) is 5.75 Å². The zero-order chi connectivity index (χ0) is 34.5. The van der Waals surface area contributed by atoms with E-state index in [1.54, 1.807) is 18.2 Å². The number of rotatable bonds is 10. The Morgan fingerprint density at radius 2 is 1.69 bits per heavy atom. The fourth-order valence-corrected chi connectivity index (χ4v) is 8.37. The number of benzene rings is 2. The molecule has 0 N–H and O–H groups in total. The predicted molar refractivity (Wildman–Crippen MR) is 178 cm³/mol. The van der Waals surface area contributed by atoms with Crippen LogP contribution in [0.25, 0.3) is 0 Å². The van der Waals surface area contributed by atoms with Gasteiger partial charge in [0.2, 0.25) is 5.91 Å². The maximum atomic E-state index is 14.1. The lowest BCUT2D eigenvalue weighted by atomic mass is 9.84. The Morgan fingerprint density at radius 1 is 0.939 bits per heavy atom. The molecule has 1 aliphatic carbocycles. The maximum Gasteiger partial charge on any atom is 0.420 e. The first kappa shape index (κ1) is 33.4. The summed E-state index contributed by atoms with van der Waals surface area (Å²) in [6, 6.07) is 16.9. The van der Waals surface area contributed by atoms with E-state index in [1.165, 1.54) is 5.56 Å². The van der Waals surface area contributed by atoms with E-state index in [2.05, 4.69) is 48.8 Å². The Bertz CT molecular complexity index is 1660. The number of carbonyl (C=O) groups excluding carboxylic acids is 5. The molecule has 0 radical (unpaired) electrons. The molecule has 0 aromatic heterocycles. The number of ether oxygens (including phenoxy) is 4. The number of esters is 2. The molecule has 2 aromatic carbocycles. The van der Waals surface area contributed by atoms with Crippen LogP contribution in [0.4, 0.5) is 0 Å². The first-order valence-electron chi connectivity index (χ1n) is 17.2. The van der Waals surface area contributed by atoms with Crippen LogP contribution in [0.2, 0.25) is 25.7 Å². The molecule has 4 fully saturated rings. The van der Waals surface area contributed by atoms with E-state index in [9.17, 15) is 24.0 Å². The number of hydrogen-bond donors (Lipinski definition) is 0. The van der Waals surface area contributed by atoms with Crippen LogP contribution in [0.3, 0.4) is 0 Å². The molecule has 4 heterocycles. The van der Waals surface area contributed by atoms with Crippen LogP contribution in [-0.4, -0.2) is 103 Å². The molecular weight excluding hydrogens is 646 g/mol. The minimum Gasteiger partial charge on any atom is -0.489 e. The summed E-state index contributed by atoms with van der Waals surface area (Å²) in [6.07, 6.45) is 2.22. The fraction of sp³-hybridized carbons (Fsp3) is 0.528. The van der Waals surface area contributed by atoms with Gasteiger partial charge >= 0.3 is 23.6 Å². The summed E-state index contributed by atoms with van der Waals surface area (Å²) in [5.41, 5.74) is -0.103. The molecule has 7 rings (SSSR count). The van der Waals surface area contributed by atoms with Gasteiger partial charge in [-0.2, -0.15) is 0 Å². The summed E-state index contributed by atoms with van der Waals surface area (Å²) in [4.78, 5) is 70.5. The van der Waals surface area contributed by atoms with Crippen molar-refractivity contribution in [1.29, 1.82) is 0 Å². The molecule has 12 nitrogen and oxygen atoms in total. The molecule has 5 aliphatic rings. The third-order valence-electron chi connectivity index (χ3n) is 10.4. The zero-order valence-corrected chi connectivity index (χ0v) is 29.2. The van der Waals surface area contributed by atoms with Crippen molar-refractivity contribution in [2.45, 2.75) is 94.2 Å². The molecule has 49 heavy (non-hydrogen) atoms. The van der Waals surface area contributed by atoms with Gasteiger partial charge in [0, 0.05) is 45.3 Å². The topological polar surface area (TPSA) is 132 Å².